The highest BCUT2D eigenvalue weighted by molar-refractivity contribution is 5.80. The van der Waals surface area contributed by atoms with Crippen molar-refractivity contribution in [2.75, 3.05) is 31.1 Å². The van der Waals surface area contributed by atoms with E-state index in [4.69, 9.17) is 4.74 Å². The zero-order valence-electron chi connectivity index (χ0n) is 16.9. The minimum atomic E-state index is -0.300. The van der Waals surface area contributed by atoms with Crippen molar-refractivity contribution in [3.8, 4) is 11.5 Å². The molecule has 0 aliphatic carbocycles. The lowest BCUT2D eigenvalue weighted by molar-refractivity contribution is 0.318. The van der Waals surface area contributed by atoms with Crippen molar-refractivity contribution >= 4 is 11.8 Å². The van der Waals surface area contributed by atoms with Gasteiger partial charge in [0, 0.05) is 31.9 Å². The number of guanidine groups is 1. The molecular formula is C21H28FN5O2. The number of nitrogens with one attached hydrogen (secondary N) is 2. The molecule has 2 aromatic rings. The summed E-state index contributed by atoms with van der Waals surface area (Å²) in [7, 11) is 0. The zero-order chi connectivity index (χ0) is 20.6. The molecule has 156 valence electrons. The lowest BCUT2D eigenvalue weighted by atomic mass is 10.2. The van der Waals surface area contributed by atoms with E-state index in [2.05, 4.69) is 20.6 Å². The van der Waals surface area contributed by atoms with Crippen molar-refractivity contribution < 1.29 is 14.2 Å². The Kier molecular flexibility index (Phi) is 7.10. The summed E-state index contributed by atoms with van der Waals surface area (Å²) in [6.45, 7) is 6.94. The third-order valence-corrected chi connectivity index (χ3v) is 4.66. The molecule has 1 saturated heterocycles. The molecule has 7 nitrogen and oxygen atoms in total. The van der Waals surface area contributed by atoms with Gasteiger partial charge in [0.05, 0.1) is 13.2 Å². The van der Waals surface area contributed by atoms with Gasteiger partial charge in [0.15, 0.2) is 29.1 Å². The molecule has 3 N–H and O–H groups in total. The Hall–Kier alpha value is -3.03. The number of aromatic nitrogens is 1. The van der Waals surface area contributed by atoms with Crippen LogP contribution in [0.3, 0.4) is 0 Å². The van der Waals surface area contributed by atoms with E-state index in [9.17, 15) is 9.50 Å². The highest BCUT2D eigenvalue weighted by Crippen LogP contribution is 2.27. The van der Waals surface area contributed by atoms with Crippen LogP contribution < -0.4 is 20.3 Å². The van der Waals surface area contributed by atoms with Crippen molar-refractivity contribution in [1.29, 1.82) is 0 Å². The van der Waals surface area contributed by atoms with Crippen molar-refractivity contribution in [3.05, 3.63) is 47.9 Å². The molecular weight excluding hydrogens is 373 g/mol. The number of hydrogen-bond donors (Lipinski definition) is 3. The number of rotatable bonds is 7. The van der Waals surface area contributed by atoms with E-state index in [0.29, 0.717) is 37.2 Å². The molecule has 1 aromatic carbocycles. The molecule has 0 saturated carbocycles. The van der Waals surface area contributed by atoms with Crippen LogP contribution in [0.25, 0.3) is 0 Å². The average molecular weight is 401 g/mol. The number of hydrogen-bond acceptors (Lipinski definition) is 5. The second-order valence-corrected chi connectivity index (χ2v) is 6.82. The topological polar surface area (TPSA) is 82.0 Å². The standard InChI is InChI=1S/C21H28FN5O2/c1-3-23-21(25-13-15-7-8-18(28)19(12-15)29-4-2)26-16-9-11-27(14-16)20-17(22)6-5-10-24-20/h5-8,10,12,16,28H,3-4,9,11,13-14H2,1-2H3,(H2,23,25,26). The minimum Gasteiger partial charge on any atom is -0.504 e. The molecule has 1 aromatic heterocycles. The monoisotopic (exact) mass is 401 g/mol. The smallest absolute Gasteiger partial charge is 0.191 e. The highest BCUT2D eigenvalue weighted by Gasteiger charge is 2.25. The van der Waals surface area contributed by atoms with Crippen LogP contribution >= 0.6 is 0 Å². The number of ether oxygens (including phenoxy) is 1. The predicted molar refractivity (Wildman–Crippen MR) is 112 cm³/mol. The quantitative estimate of drug-likeness (QED) is 0.489. The fourth-order valence-electron chi connectivity index (χ4n) is 3.29. The van der Waals surface area contributed by atoms with Crippen LogP contribution in [0.4, 0.5) is 10.2 Å². The predicted octanol–water partition coefficient (Wildman–Crippen LogP) is 2.66. The van der Waals surface area contributed by atoms with Gasteiger partial charge in [0.1, 0.15) is 0 Å². The first-order valence-electron chi connectivity index (χ1n) is 9.95. The molecule has 0 amide bonds. The van der Waals surface area contributed by atoms with Gasteiger partial charge in [0.25, 0.3) is 0 Å². The fourth-order valence-corrected chi connectivity index (χ4v) is 3.29. The van der Waals surface area contributed by atoms with Crippen LogP contribution in [-0.4, -0.2) is 48.3 Å². The van der Waals surface area contributed by atoms with Gasteiger partial charge in [-0.3, -0.25) is 0 Å². The maximum absolute atomic E-state index is 14.0. The first-order chi connectivity index (χ1) is 14.1. The molecule has 1 atom stereocenters. The number of aliphatic imine (C=N–C) groups is 1. The lowest BCUT2D eigenvalue weighted by Gasteiger charge is -2.20. The maximum Gasteiger partial charge on any atom is 0.191 e. The zero-order valence-corrected chi connectivity index (χ0v) is 16.9. The Bertz CT molecular complexity index is 846. The average Bonchev–Trinajstić information content (AvgIpc) is 3.17. The second kappa shape index (κ2) is 9.95. The second-order valence-electron chi connectivity index (χ2n) is 6.82. The number of anilines is 1. The first-order valence-corrected chi connectivity index (χ1v) is 9.95. The summed E-state index contributed by atoms with van der Waals surface area (Å²) in [5.74, 6) is 1.38. The molecule has 0 radical (unpaired) electrons. The van der Waals surface area contributed by atoms with Gasteiger partial charge in [0.2, 0.25) is 0 Å². The Labute approximate surface area is 170 Å². The molecule has 1 aliphatic heterocycles. The highest BCUT2D eigenvalue weighted by atomic mass is 19.1. The Balaban J connectivity index is 1.63. The molecule has 1 unspecified atom stereocenters. The third kappa shape index (κ3) is 5.49. The molecule has 8 heteroatoms. The third-order valence-electron chi connectivity index (χ3n) is 4.66. The number of pyridine rings is 1. The largest absolute Gasteiger partial charge is 0.504 e. The van der Waals surface area contributed by atoms with Gasteiger partial charge in [-0.2, -0.15) is 0 Å². The summed E-state index contributed by atoms with van der Waals surface area (Å²) in [5, 5.41) is 16.5. The van der Waals surface area contributed by atoms with E-state index in [-0.39, 0.29) is 17.6 Å². The number of halogens is 1. The maximum atomic E-state index is 14.0. The van der Waals surface area contributed by atoms with Gasteiger partial charge in [-0.1, -0.05) is 6.07 Å². The Morgan fingerprint density at radius 1 is 1.38 bits per heavy atom. The number of nitrogens with zero attached hydrogens (tertiary/aromatic N) is 3. The summed E-state index contributed by atoms with van der Waals surface area (Å²) in [6.07, 6.45) is 2.48. The molecule has 1 aliphatic rings. The normalized spacial score (nSPS) is 16.7. The van der Waals surface area contributed by atoms with E-state index >= 15 is 0 Å². The van der Waals surface area contributed by atoms with Crippen LogP contribution in [-0.2, 0) is 6.54 Å². The first kappa shape index (κ1) is 20.7. The van der Waals surface area contributed by atoms with Crippen LogP contribution in [0, 0.1) is 5.82 Å². The SMILES string of the molecule is CCNC(=NCc1ccc(O)c(OCC)c1)NC1CCN(c2ncccc2F)C1. The molecule has 29 heavy (non-hydrogen) atoms. The Morgan fingerprint density at radius 3 is 3.00 bits per heavy atom. The molecule has 1 fully saturated rings. The van der Waals surface area contributed by atoms with Gasteiger partial charge in [-0.25, -0.2) is 14.4 Å². The van der Waals surface area contributed by atoms with Crippen molar-refractivity contribution in [3.63, 3.8) is 0 Å². The van der Waals surface area contributed by atoms with Crippen molar-refractivity contribution in [1.82, 2.24) is 15.6 Å². The van der Waals surface area contributed by atoms with E-state index < -0.39 is 0 Å². The van der Waals surface area contributed by atoms with Crippen molar-refractivity contribution in [2.24, 2.45) is 4.99 Å². The summed E-state index contributed by atoms with van der Waals surface area (Å²) >= 11 is 0. The molecule has 3 rings (SSSR count). The lowest BCUT2D eigenvalue weighted by Crippen LogP contribution is -2.44. The van der Waals surface area contributed by atoms with Gasteiger partial charge in [-0.15, -0.1) is 0 Å². The van der Waals surface area contributed by atoms with Crippen LogP contribution in [0.15, 0.2) is 41.5 Å². The summed E-state index contributed by atoms with van der Waals surface area (Å²) < 4.78 is 19.4. The molecule has 0 bridgehead atoms. The number of benzene rings is 1. The molecule has 2 heterocycles. The molecule has 0 spiro atoms. The van der Waals surface area contributed by atoms with E-state index in [1.807, 2.05) is 24.8 Å². The summed E-state index contributed by atoms with van der Waals surface area (Å²) in [6, 6.07) is 8.42. The van der Waals surface area contributed by atoms with Crippen LogP contribution in [0.2, 0.25) is 0 Å². The van der Waals surface area contributed by atoms with E-state index in [1.165, 1.54) is 6.07 Å². The summed E-state index contributed by atoms with van der Waals surface area (Å²) in [4.78, 5) is 10.8. The van der Waals surface area contributed by atoms with E-state index in [1.54, 1.807) is 24.4 Å². The number of phenols is 1. The summed E-state index contributed by atoms with van der Waals surface area (Å²) in [5.41, 5.74) is 0.937. The number of phenolic OH excluding ortho intramolecular Hbond substituents is 1. The minimum absolute atomic E-state index is 0.123. The number of aromatic hydroxyl groups is 1. The van der Waals surface area contributed by atoms with E-state index in [0.717, 1.165) is 25.1 Å². The van der Waals surface area contributed by atoms with Crippen LogP contribution in [0.5, 0.6) is 11.5 Å². The fraction of sp³-hybridized carbons (Fsp3) is 0.429. The van der Waals surface area contributed by atoms with Crippen molar-refractivity contribution in [2.45, 2.75) is 32.9 Å². The van der Waals surface area contributed by atoms with Gasteiger partial charge in [-0.05, 0) is 50.1 Å². The Morgan fingerprint density at radius 2 is 2.24 bits per heavy atom. The van der Waals surface area contributed by atoms with Gasteiger partial charge < -0.3 is 25.4 Å². The van der Waals surface area contributed by atoms with Crippen LogP contribution in [0.1, 0.15) is 25.8 Å². The van der Waals surface area contributed by atoms with Gasteiger partial charge >= 0.3 is 0 Å².